The molecule has 1 atom stereocenters. The monoisotopic (exact) mass is 276 g/mol. The molecule has 18 heavy (non-hydrogen) atoms. The van der Waals surface area contributed by atoms with E-state index in [1.807, 2.05) is 6.92 Å². The summed E-state index contributed by atoms with van der Waals surface area (Å²) in [4.78, 5) is 0. The van der Waals surface area contributed by atoms with E-state index in [0.717, 1.165) is 38.5 Å². The van der Waals surface area contributed by atoms with Crippen LogP contribution in [0.1, 0.15) is 45.4 Å². The standard InChI is InChI=1S/C12H24N2O3S/c1-11-5-2-3-8-13(11)18(16,17)14(9-10-15)12-6-4-7-12/h11-12,15H,2-10H2,1H3. The van der Waals surface area contributed by atoms with E-state index in [0.29, 0.717) is 6.54 Å². The molecule has 1 heterocycles. The maximum atomic E-state index is 12.7. The highest BCUT2D eigenvalue weighted by atomic mass is 32.2. The molecule has 0 amide bonds. The Morgan fingerprint density at radius 2 is 1.94 bits per heavy atom. The van der Waals surface area contributed by atoms with Crippen molar-refractivity contribution >= 4 is 10.2 Å². The van der Waals surface area contributed by atoms with Crippen molar-refractivity contribution in [1.29, 1.82) is 0 Å². The number of aliphatic hydroxyl groups excluding tert-OH is 1. The van der Waals surface area contributed by atoms with Crippen molar-refractivity contribution in [2.75, 3.05) is 19.7 Å². The Bertz CT molecular complexity index is 368. The van der Waals surface area contributed by atoms with Crippen molar-refractivity contribution < 1.29 is 13.5 Å². The second kappa shape index (κ2) is 5.86. The van der Waals surface area contributed by atoms with Gasteiger partial charge in [-0.15, -0.1) is 0 Å². The maximum absolute atomic E-state index is 12.7. The number of piperidine rings is 1. The van der Waals surface area contributed by atoms with Gasteiger partial charge in [0.15, 0.2) is 0 Å². The van der Waals surface area contributed by atoms with Gasteiger partial charge in [0.25, 0.3) is 10.2 Å². The molecule has 0 bridgehead atoms. The van der Waals surface area contributed by atoms with Crippen molar-refractivity contribution in [3.63, 3.8) is 0 Å². The van der Waals surface area contributed by atoms with Crippen LogP contribution in [0.25, 0.3) is 0 Å². The second-order valence-electron chi connectivity index (χ2n) is 5.38. The van der Waals surface area contributed by atoms with Crippen LogP contribution in [0.5, 0.6) is 0 Å². The Labute approximate surface area is 110 Å². The summed E-state index contributed by atoms with van der Waals surface area (Å²) in [5, 5.41) is 9.11. The molecule has 2 rings (SSSR count). The molecule has 1 aliphatic carbocycles. The van der Waals surface area contributed by atoms with E-state index in [-0.39, 0.29) is 25.2 Å². The number of nitrogens with zero attached hydrogens (tertiary/aromatic N) is 2. The lowest BCUT2D eigenvalue weighted by atomic mass is 9.93. The van der Waals surface area contributed by atoms with Gasteiger partial charge < -0.3 is 5.11 Å². The average Bonchev–Trinajstić information content (AvgIpc) is 2.26. The van der Waals surface area contributed by atoms with Crippen molar-refractivity contribution in [1.82, 2.24) is 8.61 Å². The van der Waals surface area contributed by atoms with Crippen LogP contribution in [0.2, 0.25) is 0 Å². The minimum atomic E-state index is -3.39. The van der Waals surface area contributed by atoms with Crippen LogP contribution in [0, 0.1) is 0 Å². The third-order valence-corrected chi connectivity index (χ3v) is 6.35. The van der Waals surface area contributed by atoms with Gasteiger partial charge in [-0.1, -0.05) is 12.8 Å². The quantitative estimate of drug-likeness (QED) is 0.813. The van der Waals surface area contributed by atoms with Gasteiger partial charge in [0.2, 0.25) is 0 Å². The lowest BCUT2D eigenvalue weighted by Gasteiger charge is -2.42. The molecule has 1 aliphatic heterocycles. The highest BCUT2D eigenvalue weighted by Gasteiger charge is 2.39. The number of hydrogen-bond donors (Lipinski definition) is 1. The first-order valence-corrected chi connectivity index (χ1v) is 8.36. The molecular formula is C12H24N2O3S. The van der Waals surface area contributed by atoms with Crippen LogP contribution in [0.4, 0.5) is 0 Å². The Hall–Kier alpha value is -0.170. The van der Waals surface area contributed by atoms with E-state index in [4.69, 9.17) is 5.11 Å². The molecule has 106 valence electrons. The molecule has 1 unspecified atom stereocenters. The number of aliphatic hydroxyl groups is 1. The van der Waals surface area contributed by atoms with Gasteiger partial charge in [0.1, 0.15) is 0 Å². The Kier molecular flexibility index (Phi) is 4.64. The largest absolute Gasteiger partial charge is 0.395 e. The molecule has 5 nitrogen and oxygen atoms in total. The molecule has 2 aliphatic rings. The lowest BCUT2D eigenvalue weighted by molar-refractivity contribution is 0.157. The number of rotatable bonds is 5. The molecule has 0 aromatic heterocycles. The topological polar surface area (TPSA) is 60.9 Å². The Morgan fingerprint density at radius 3 is 2.44 bits per heavy atom. The summed E-state index contributed by atoms with van der Waals surface area (Å²) >= 11 is 0. The van der Waals surface area contributed by atoms with Crippen LogP contribution in [-0.2, 0) is 10.2 Å². The predicted octanol–water partition coefficient (Wildman–Crippen LogP) is 0.952. The second-order valence-corrected chi connectivity index (χ2v) is 7.22. The number of hydrogen-bond acceptors (Lipinski definition) is 3. The molecule has 1 N–H and O–H groups in total. The molecule has 1 saturated heterocycles. The minimum absolute atomic E-state index is 0.0880. The van der Waals surface area contributed by atoms with Crippen LogP contribution < -0.4 is 0 Å². The first-order chi connectivity index (χ1) is 8.57. The van der Waals surface area contributed by atoms with E-state index >= 15 is 0 Å². The highest BCUT2D eigenvalue weighted by Crippen LogP contribution is 2.30. The Balaban J connectivity index is 2.15. The molecule has 0 spiro atoms. The van der Waals surface area contributed by atoms with Crippen LogP contribution in [0.3, 0.4) is 0 Å². The normalized spacial score (nSPS) is 27.4. The molecule has 0 radical (unpaired) electrons. The van der Waals surface area contributed by atoms with E-state index < -0.39 is 10.2 Å². The van der Waals surface area contributed by atoms with Gasteiger partial charge >= 0.3 is 0 Å². The van der Waals surface area contributed by atoms with Crippen LogP contribution in [-0.4, -0.2) is 53.9 Å². The highest BCUT2D eigenvalue weighted by molar-refractivity contribution is 7.86. The van der Waals surface area contributed by atoms with Gasteiger partial charge in [-0.2, -0.15) is 17.0 Å². The van der Waals surface area contributed by atoms with Crippen LogP contribution in [0.15, 0.2) is 0 Å². The summed E-state index contributed by atoms with van der Waals surface area (Å²) in [6, 6.07) is 0.196. The zero-order chi connectivity index (χ0) is 13.2. The van der Waals surface area contributed by atoms with E-state index in [1.54, 1.807) is 4.31 Å². The smallest absolute Gasteiger partial charge is 0.282 e. The molecule has 0 aromatic carbocycles. The van der Waals surface area contributed by atoms with Crippen molar-refractivity contribution in [3.05, 3.63) is 0 Å². The fourth-order valence-corrected chi connectivity index (χ4v) is 4.90. The lowest BCUT2D eigenvalue weighted by Crippen LogP contribution is -2.55. The molecular weight excluding hydrogens is 252 g/mol. The van der Waals surface area contributed by atoms with Gasteiger partial charge in [-0.25, -0.2) is 0 Å². The molecule has 2 fully saturated rings. The maximum Gasteiger partial charge on any atom is 0.282 e. The average molecular weight is 276 g/mol. The first kappa shape index (κ1) is 14.2. The summed E-state index contributed by atoms with van der Waals surface area (Å²) in [5.74, 6) is 0. The van der Waals surface area contributed by atoms with E-state index in [9.17, 15) is 8.42 Å². The van der Waals surface area contributed by atoms with Crippen molar-refractivity contribution in [2.24, 2.45) is 0 Å². The fourth-order valence-electron chi connectivity index (χ4n) is 2.81. The van der Waals surface area contributed by atoms with Gasteiger partial charge in [0, 0.05) is 25.2 Å². The predicted molar refractivity (Wildman–Crippen MR) is 70.4 cm³/mol. The van der Waals surface area contributed by atoms with Gasteiger partial charge in [-0.05, 0) is 32.6 Å². The van der Waals surface area contributed by atoms with Crippen molar-refractivity contribution in [3.8, 4) is 0 Å². The SMILES string of the molecule is CC1CCCCN1S(=O)(=O)N(CCO)C1CCC1. The molecule has 1 saturated carbocycles. The van der Waals surface area contributed by atoms with Gasteiger partial charge in [0.05, 0.1) is 6.61 Å². The van der Waals surface area contributed by atoms with Crippen molar-refractivity contribution in [2.45, 2.75) is 57.5 Å². The molecule has 0 aromatic rings. The summed E-state index contributed by atoms with van der Waals surface area (Å²) < 4.78 is 28.5. The third-order valence-electron chi connectivity index (χ3n) is 4.14. The minimum Gasteiger partial charge on any atom is -0.395 e. The zero-order valence-corrected chi connectivity index (χ0v) is 11.9. The first-order valence-electron chi connectivity index (χ1n) is 6.97. The summed E-state index contributed by atoms with van der Waals surface area (Å²) in [7, 11) is -3.39. The van der Waals surface area contributed by atoms with E-state index in [2.05, 4.69) is 0 Å². The third kappa shape index (κ3) is 2.71. The van der Waals surface area contributed by atoms with E-state index in [1.165, 1.54) is 4.31 Å². The molecule has 6 heteroatoms. The Morgan fingerprint density at radius 1 is 1.22 bits per heavy atom. The summed E-state index contributed by atoms with van der Waals surface area (Å²) in [6.45, 7) is 2.74. The summed E-state index contributed by atoms with van der Waals surface area (Å²) in [5.41, 5.74) is 0. The fraction of sp³-hybridized carbons (Fsp3) is 1.00. The van der Waals surface area contributed by atoms with Gasteiger partial charge in [-0.3, -0.25) is 0 Å². The summed E-state index contributed by atoms with van der Waals surface area (Å²) in [6.07, 6.45) is 5.95. The zero-order valence-electron chi connectivity index (χ0n) is 11.1. The van der Waals surface area contributed by atoms with Crippen LogP contribution >= 0.6 is 0 Å².